The molecule has 1 aromatic carbocycles. The molecule has 3 N–H and O–H groups in total. The zero-order valence-corrected chi connectivity index (χ0v) is 15.2. The van der Waals surface area contributed by atoms with Crippen LogP contribution in [-0.2, 0) is 9.59 Å². The number of rotatable bonds is 5. The van der Waals surface area contributed by atoms with Crippen molar-refractivity contribution in [3.8, 4) is 5.75 Å². The van der Waals surface area contributed by atoms with E-state index in [4.69, 9.17) is 4.74 Å². The fraction of sp³-hybridized carbons (Fsp3) is 0.500. The van der Waals surface area contributed by atoms with Crippen molar-refractivity contribution >= 4 is 23.5 Å². The van der Waals surface area contributed by atoms with E-state index in [-0.39, 0.29) is 11.9 Å². The number of nitrogens with zero attached hydrogens (tertiary/aromatic N) is 1. The molecule has 1 fully saturated rings. The standard InChI is InChI=1S/C18H26N4O4/c1-3-19-16(23)17(24)20-12-13-8-10-22(11-9-13)18(25)21-14-6-4-5-7-15(14)26-2/h4-7,13H,3,8-12H2,1-2H3,(H,19,23)(H,20,24)(H,21,25). The van der Waals surface area contributed by atoms with Gasteiger partial charge in [0.2, 0.25) is 0 Å². The Kier molecular flexibility index (Phi) is 7.25. The molecule has 0 radical (unpaired) electrons. The van der Waals surface area contributed by atoms with Crippen LogP contribution in [0.1, 0.15) is 19.8 Å². The van der Waals surface area contributed by atoms with Crippen molar-refractivity contribution in [3.05, 3.63) is 24.3 Å². The largest absolute Gasteiger partial charge is 0.495 e. The Morgan fingerprint density at radius 2 is 1.77 bits per heavy atom. The van der Waals surface area contributed by atoms with Gasteiger partial charge in [0.1, 0.15) is 5.75 Å². The molecule has 8 nitrogen and oxygen atoms in total. The zero-order valence-electron chi connectivity index (χ0n) is 15.2. The summed E-state index contributed by atoms with van der Waals surface area (Å²) in [5.74, 6) is -0.350. The number of carbonyl (C=O) groups excluding carboxylic acids is 3. The summed E-state index contributed by atoms with van der Waals surface area (Å²) in [6.45, 7) is 3.83. The summed E-state index contributed by atoms with van der Waals surface area (Å²) in [6, 6.07) is 7.09. The lowest BCUT2D eigenvalue weighted by molar-refractivity contribution is -0.139. The molecule has 0 bridgehead atoms. The van der Waals surface area contributed by atoms with E-state index in [1.165, 1.54) is 0 Å². The van der Waals surface area contributed by atoms with Gasteiger partial charge in [0.15, 0.2) is 0 Å². The highest BCUT2D eigenvalue weighted by Gasteiger charge is 2.24. The first-order chi connectivity index (χ1) is 12.5. The average molecular weight is 362 g/mol. The third-order valence-corrected chi connectivity index (χ3v) is 4.35. The normalized spacial score (nSPS) is 14.5. The lowest BCUT2D eigenvalue weighted by atomic mass is 9.97. The minimum Gasteiger partial charge on any atom is -0.495 e. The number of hydrogen-bond donors (Lipinski definition) is 3. The number of piperidine rings is 1. The molecule has 1 aromatic rings. The molecular weight excluding hydrogens is 336 g/mol. The van der Waals surface area contributed by atoms with Crippen LogP contribution in [0, 0.1) is 5.92 Å². The number of amides is 4. The third-order valence-electron chi connectivity index (χ3n) is 4.35. The molecule has 1 heterocycles. The van der Waals surface area contributed by atoms with Crippen LogP contribution in [0.15, 0.2) is 24.3 Å². The molecule has 2 rings (SSSR count). The van der Waals surface area contributed by atoms with Crippen LogP contribution in [0.2, 0.25) is 0 Å². The first-order valence-electron chi connectivity index (χ1n) is 8.80. The van der Waals surface area contributed by atoms with Crippen molar-refractivity contribution < 1.29 is 19.1 Å². The van der Waals surface area contributed by atoms with Crippen LogP contribution >= 0.6 is 0 Å². The van der Waals surface area contributed by atoms with Crippen LogP contribution in [0.3, 0.4) is 0 Å². The van der Waals surface area contributed by atoms with Gasteiger partial charge in [0.25, 0.3) is 0 Å². The van der Waals surface area contributed by atoms with Gasteiger partial charge in [0.05, 0.1) is 12.8 Å². The fourth-order valence-electron chi connectivity index (χ4n) is 2.84. The van der Waals surface area contributed by atoms with Crippen molar-refractivity contribution in [1.82, 2.24) is 15.5 Å². The quantitative estimate of drug-likeness (QED) is 0.685. The van der Waals surface area contributed by atoms with Gasteiger partial charge in [-0.15, -0.1) is 0 Å². The second-order valence-corrected chi connectivity index (χ2v) is 6.13. The van der Waals surface area contributed by atoms with Crippen molar-refractivity contribution in [2.24, 2.45) is 5.92 Å². The predicted molar refractivity (Wildman–Crippen MR) is 98.0 cm³/mol. The first kappa shape index (κ1) is 19.6. The monoisotopic (exact) mass is 362 g/mol. The number of likely N-dealkylation sites (tertiary alicyclic amines) is 1. The van der Waals surface area contributed by atoms with Crippen LogP contribution in [-0.4, -0.2) is 56.0 Å². The molecule has 0 unspecified atom stereocenters. The number of nitrogens with one attached hydrogen (secondary N) is 3. The number of anilines is 1. The second kappa shape index (κ2) is 9.65. The molecule has 142 valence electrons. The number of ether oxygens (including phenoxy) is 1. The molecule has 0 saturated carbocycles. The van der Waals surface area contributed by atoms with E-state index in [0.29, 0.717) is 37.6 Å². The lowest BCUT2D eigenvalue weighted by Gasteiger charge is -2.32. The topological polar surface area (TPSA) is 99.8 Å². The molecule has 1 saturated heterocycles. The second-order valence-electron chi connectivity index (χ2n) is 6.13. The van der Waals surface area contributed by atoms with Crippen molar-refractivity contribution in [1.29, 1.82) is 0 Å². The Morgan fingerprint density at radius 3 is 2.42 bits per heavy atom. The van der Waals surface area contributed by atoms with Gasteiger partial charge >= 0.3 is 17.8 Å². The molecule has 0 spiro atoms. The maximum absolute atomic E-state index is 12.4. The molecule has 4 amide bonds. The Morgan fingerprint density at radius 1 is 1.12 bits per heavy atom. The number of para-hydroxylation sites is 2. The number of likely N-dealkylation sites (N-methyl/N-ethyl adjacent to an activating group) is 1. The van der Waals surface area contributed by atoms with Crippen molar-refractivity contribution in [3.63, 3.8) is 0 Å². The van der Waals surface area contributed by atoms with E-state index in [0.717, 1.165) is 12.8 Å². The molecular formula is C18H26N4O4. The Balaban J connectivity index is 1.76. The lowest BCUT2D eigenvalue weighted by Crippen LogP contribution is -2.45. The Hall–Kier alpha value is -2.77. The van der Waals surface area contributed by atoms with E-state index < -0.39 is 11.8 Å². The molecule has 8 heteroatoms. The Labute approximate surface area is 153 Å². The average Bonchev–Trinajstić information content (AvgIpc) is 2.67. The molecule has 1 aliphatic heterocycles. The molecule has 0 aromatic heterocycles. The van der Waals surface area contributed by atoms with Crippen LogP contribution < -0.4 is 20.7 Å². The molecule has 26 heavy (non-hydrogen) atoms. The summed E-state index contributed by atoms with van der Waals surface area (Å²) in [6.07, 6.45) is 1.55. The van der Waals surface area contributed by atoms with Crippen molar-refractivity contribution in [2.45, 2.75) is 19.8 Å². The van der Waals surface area contributed by atoms with Gasteiger partial charge in [-0.05, 0) is 37.8 Å². The van der Waals surface area contributed by atoms with Crippen LogP contribution in [0.4, 0.5) is 10.5 Å². The molecule has 0 atom stereocenters. The fourth-order valence-corrected chi connectivity index (χ4v) is 2.84. The minimum absolute atomic E-state index is 0.167. The maximum atomic E-state index is 12.4. The van der Waals surface area contributed by atoms with E-state index in [1.807, 2.05) is 12.1 Å². The van der Waals surface area contributed by atoms with E-state index in [2.05, 4.69) is 16.0 Å². The van der Waals surface area contributed by atoms with E-state index in [1.54, 1.807) is 31.1 Å². The highest BCUT2D eigenvalue weighted by Crippen LogP contribution is 2.24. The van der Waals surface area contributed by atoms with Gasteiger partial charge in [-0.25, -0.2) is 4.79 Å². The number of carbonyl (C=O) groups is 3. The maximum Gasteiger partial charge on any atom is 0.321 e. The van der Waals surface area contributed by atoms with Gasteiger partial charge in [-0.3, -0.25) is 9.59 Å². The number of urea groups is 1. The van der Waals surface area contributed by atoms with E-state index in [9.17, 15) is 14.4 Å². The Bertz CT molecular complexity index is 642. The van der Waals surface area contributed by atoms with Gasteiger partial charge in [-0.2, -0.15) is 0 Å². The summed E-state index contributed by atoms with van der Waals surface area (Å²) >= 11 is 0. The highest BCUT2D eigenvalue weighted by atomic mass is 16.5. The zero-order chi connectivity index (χ0) is 18.9. The minimum atomic E-state index is -0.610. The smallest absolute Gasteiger partial charge is 0.321 e. The van der Waals surface area contributed by atoms with Gasteiger partial charge in [0, 0.05) is 26.2 Å². The summed E-state index contributed by atoms with van der Waals surface area (Å²) in [7, 11) is 1.56. The molecule has 1 aliphatic rings. The van der Waals surface area contributed by atoms with Crippen molar-refractivity contribution in [2.75, 3.05) is 38.6 Å². The third kappa shape index (κ3) is 5.37. The predicted octanol–water partition coefficient (Wildman–Crippen LogP) is 1.19. The van der Waals surface area contributed by atoms with Gasteiger partial charge < -0.3 is 25.6 Å². The summed E-state index contributed by atoms with van der Waals surface area (Å²) in [5, 5.41) is 7.98. The van der Waals surface area contributed by atoms with Crippen LogP contribution in [0.25, 0.3) is 0 Å². The summed E-state index contributed by atoms with van der Waals surface area (Å²) < 4.78 is 5.24. The SMILES string of the molecule is CCNC(=O)C(=O)NCC1CCN(C(=O)Nc2ccccc2OC)CC1. The number of benzene rings is 1. The first-order valence-corrected chi connectivity index (χ1v) is 8.80. The van der Waals surface area contributed by atoms with Crippen LogP contribution in [0.5, 0.6) is 5.75 Å². The van der Waals surface area contributed by atoms with Gasteiger partial charge in [-0.1, -0.05) is 12.1 Å². The number of hydrogen-bond acceptors (Lipinski definition) is 4. The highest BCUT2D eigenvalue weighted by molar-refractivity contribution is 6.35. The number of methoxy groups -OCH3 is 1. The van der Waals surface area contributed by atoms with E-state index >= 15 is 0 Å². The molecule has 0 aliphatic carbocycles. The summed E-state index contributed by atoms with van der Waals surface area (Å²) in [4.78, 5) is 37.1. The summed E-state index contributed by atoms with van der Waals surface area (Å²) in [5.41, 5.74) is 0.635.